The Morgan fingerprint density at radius 1 is 0.967 bits per heavy atom. The number of carbonyl (C=O) groups excluding carboxylic acids is 1. The molecule has 0 bridgehead atoms. The number of rotatable bonds is 7. The molecular weight excluding hydrogens is 416 g/mol. The fourth-order valence-electron chi connectivity index (χ4n) is 2.84. The summed E-state index contributed by atoms with van der Waals surface area (Å²) in [5, 5.41) is 11.7. The van der Waals surface area contributed by atoms with Gasteiger partial charge in [-0.1, -0.05) is 24.3 Å². The number of halogens is 6. The first-order valence-corrected chi connectivity index (χ1v) is 8.74. The van der Waals surface area contributed by atoms with E-state index in [0.29, 0.717) is 12.1 Å². The van der Waals surface area contributed by atoms with Crippen LogP contribution >= 0.6 is 0 Å². The quantitative estimate of drug-likeness (QED) is 0.594. The van der Waals surface area contributed by atoms with Gasteiger partial charge in [-0.2, -0.15) is 26.3 Å². The number of carbonyl (C=O) groups is 2. The summed E-state index contributed by atoms with van der Waals surface area (Å²) in [7, 11) is 0. The van der Waals surface area contributed by atoms with Crippen LogP contribution in [-0.2, 0) is 17.4 Å². The van der Waals surface area contributed by atoms with Crippen molar-refractivity contribution in [2.45, 2.75) is 37.7 Å². The first kappa shape index (κ1) is 23.2. The highest BCUT2D eigenvalue weighted by Crippen LogP contribution is 2.33. The normalized spacial score (nSPS) is 13.0. The maximum absolute atomic E-state index is 13.0. The van der Waals surface area contributed by atoms with Crippen LogP contribution in [0.1, 0.15) is 45.9 Å². The summed E-state index contributed by atoms with van der Waals surface area (Å²) in [5.41, 5.74) is -1.43. The number of aryl methyl sites for hydroxylation is 1. The van der Waals surface area contributed by atoms with Crippen LogP contribution in [0.2, 0.25) is 0 Å². The first-order valence-electron chi connectivity index (χ1n) is 8.74. The number of carboxylic acids is 1. The average molecular weight is 433 g/mol. The number of benzene rings is 2. The van der Waals surface area contributed by atoms with E-state index in [1.165, 1.54) is 24.3 Å². The second-order valence-corrected chi connectivity index (χ2v) is 6.49. The minimum Gasteiger partial charge on any atom is -0.479 e. The highest BCUT2D eigenvalue weighted by atomic mass is 19.4. The number of alkyl halides is 6. The predicted octanol–water partition coefficient (Wildman–Crippen LogP) is 5.15. The summed E-state index contributed by atoms with van der Waals surface area (Å²) in [4.78, 5) is 24.0. The smallest absolute Gasteiger partial charge is 0.416 e. The predicted molar refractivity (Wildman–Crippen MR) is 94.7 cm³/mol. The molecule has 2 aromatic carbocycles. The number of hydrogen-bond donors (Lipinski definition) is 2. The van der Waals surface area contributed by atoms with Crippen molar-refractivity contribution in [3.8, 4) is 0 Å². The van der Waals surface area contributed by atoms with Gasteiger partial charge in [-0.3, -0.25) is 4.79 Å². The maximum atomic E-state index is 13.0. The Hall–Kier alpha value is -3.04. The highest BCUT2D eigenvalue weighted by molar-refractivity contribution is 5.96. The molecule has 1 unspecified atom stereocenters. The molecule has 2 rings (SSSR count). The lowest BCUT2D eigenvalue weighted by molar-refractivity contribution is -0.139. The van der Waals surface area contributed by atoms with Crippen LogP contribution in [0.25, 0.3) is 0 Å². The van der Waals surface area contributed by atoms with Gasteiger partial charge in [0.1, 0.15) is 0 Å². The molecule has 0 aliphatic rings. The number of nitrogens with one attached hydrogen (secondary N) is 1. The zero-order valence-electron chi connectivity index (χ0n) is 15.3. The molecule has 162 valence electrons. The molecule has 0 aliphatic carbocycles. The van der Waals surface area contributed by atoms with E-state index in [4.69, 9.17) is 0 Å². The summed E-state index contributed by atoms with van der Waals surface area (Å²) in [5.74, 6) is -2.35. The van der Waals surface area contributed by atoms with Gasteiger partial charge < -0.3 is 10.4 Å². The van der Waals surface area contributed by atoms with E-state index < -0.39 is 55.1 Å². The lowest BCUT2D eigenvalue weighted by Crippen LogP contribution is -2.34. The number of amides is 1. The van der Waals surface area contributed by atoms with Gasteiger partial charge in [0, 0.05) is 12.0 Å². The summed E-state index contributed by atoms with van der Waals surface area (Å²) in [6.07, 6.45) is -11.5. The van der Waals surface area contributed by atoms with Crippen LogP contribution in [0.4, 0.5) is 26.3 Å². The van der Waals surface area contributed by atoms with Gasteiger partial charge in [0.05, 0.1) is 5.56 Å². The molecule has 0 aliphatic heterocycles. The van der Waals surface area contributed by atoms with Crippen molar-refractivity contribution in [3.05, 3.63) is 70.8 Å². The third kappa shape index (κ3) is 6.50. The molecule has 0 fully saturated rings. The average Bonchev–Trinajstić information content (AvgIpc) is 2.65. The fourth-order valence-corrected chi connectivity index (χ4v) is 2.84. The topological polar surface area (TPSA) is 66.4 Å². The van der Waals surface area contributed by atoms with E-state index in [-0.39, 0.29) is 16.7 Å². The first-order chi connectivity index (χ1) is 13.9. The molecule has 0 saturated heterocycles. The van der Waals surface area contributed by atoms with Gasteiger partial charge in [0.15, 0.2) is 6.04 Å². The fraction of sp³-hybridized carbons (Fsp3) is 0.300. The Kier molecular flexibility index (Phi) is 7.12. The Labute approximate surface area is 167 Å². The summed E-state index contributed by atoms with van der Waals surface area (Å²) >= 11 is 0. The minimum atomic E-state index is -4.76. The van der Waals surface area contributed by atoms with Crippen LogP contribution in [-0.4, -0.2) is 23.2 Å². The molecule has 2 N–H and O–H groups in total. The maximum Gasteiger partial charge on any atom is 0.416 e. The molecule has 30 heavy (non-hydrogen) atoms. The molecule has 0 spiro atoms. The second kappa shape index (κ2) is 9.19. The molecule has 1 atom stereocenters. The molecule has 2 aromatic rings. The van der Waals surface area contributed by atoms with Crippen molar-refractivity contribution < 1.29 is 41.0 Å². The Morgan fingerprint density at radius 3 is 2.13 bits per heavy atom. The summed E-state index contributed by atoms with van der Waals surface area (Å²) in [6, 6.07) is 7.90. The van der Waals surface area contributed by atoms with Gasteiger partial charge in [-0.25, -0.2) is 4.79 Å². The molecule has 0 saturated carbocycles. The monoisotopic (exact) mass is 433 g/mol. The molecule has 1 amide bonds. The van der Waals surface area contributed by atoms with Gasteiger partial charge in [-0.05, 0) is 48.2 Å². The second-order valence-electron chi connectivity index (χ2n) is 6.49. The van der Waals surface area contributed by atoms with E-state index in [9.17, 15) is 41.0 Å². The zero-order valence-corrected chi connectivity index (χ0v) is 15.3. The van der Waals surface area contributed by atoms with E-state index in [1.807, 2.05) is 0 Å². The van der Waals surface area contributed by atoms with Crippen molar-refractivity contribution in [3.63, 3.8) is 0 Å². The van der Waals surface area contributed by atoms with Gasteiger partial charge in [0.2, 0.25) is 0 Å². The largest absolute Gasteiger partial charge is 0.479 e. The van der Waals surface area contributed by atoms with E-state index in [0.717, 1.165) is 6.07 Å². The third-order valence-corrected chi connectivity index (χ3v) is 4.25. The van der Waals surface area contributed by atoms with Gasteiger partial charge in [-0.15, -0.1) is 0 Å². The summed E-state index contributed by atoms with van der Waals surface area (Å²) in [6.45, 7) is 0. The number of hydrogen-bond acceptors (Lipinski definition) is 2. The SMILES string of the molecule is O=C(NC(C(=O)O)c1ccc(C(F)(F)F)cc1CCCC(F)(F)F)c1ccccc1. The van der Waals surface area contributed by atoms with Crippen molar-refractivity contribution in [1.29, 1.82) is 0 Å². The highest BCUT2D eigenvalue weighted by Gasteiger charge is 2.33. The lowest BCUT2D eigenvalue weighted by atomic mass is 9.93. The molecular formula is C20H17F6NO3. The van der Waals surface area contributed by atoms with E-state index >= 15 is 0 Å². The van der Waals surface area contributed by atoms with Crippen LogP contribution in [0.5, 0.6) is 0 Å². The third-order valence-electron chi connectivity index (χ3n) is 4.25. The zero-order chi connectivity index (χ0) is 22.5. The van der Waals surface area contributed by atoms with E-state index in [2.05, 4.69) is 5.32 Å². The van der Waals surface area contributed by atoms with Gasteiger partial charge in [0.25, 0.3) is 5.91 Å². The summed E-state index contributed by atoms with van der Waals surface area (Å²) < 4.78 is 76.4. The molecule has 0 aromatic heterocycles. The van der Waals surface area contributed by atoms with Crippen molar-refractivity contribution in [2.24, 2.45) is 0 Å². The number of carboxylic acid groups (broad SMARTS) is 1. The van der Waals surface area contributed by atoms with Crippen LogP contribution in [0.15, 0.2) is 48.5 Å². The van der Waals surface area contributed by atoms with Crippen molar-refractivity contribution in [2.75, 3.05) is 0 Å². The minimum absolute atomic E-state index is 0.120. The van der Waals surface area contributed by atoms with Crippen molar-refractivity contribution >= 4 is 11.9 Å². The van der Waals surface area contributed by atoms with E-state index in [1.54, 1.807) is 6.07 Å². The standard InChI is InChI=1S/C20H17F6NO3/c21-19(22,23)10-4-7-13-11-14(20(24,25)26)8-9-15(13)16(18(29)30)27-17(28)12-5-2-1-3-6-12/h1-3,5-6,8-9,11,16H,4,7,10H2,(H,27,28)(H,29,30). The number of aliphatic carboxylic acids is 1. The Balaban J connectivity index is 2.38. The van der Waals surface area contributed by atoms with Crippen molar-refractivity contribution in [1.82, 2.24) is 5.32 Å². The lowest BCUT2D eigenvalue weighted by Gasteiger charge is -2.20. The molecule has 0 radical (unpaired) electrons. The van der Waals surface area contributed by atoms with Gasteiger partial charge >= 0.3 is 18.3 Å². The molecule has 4 nitrogen and oxygen atoms in total. The van der Waals surface area contributed by atoms with Crippen LogP contribution < -0.4 is 5.32 Å². The van der Waals surface area contributed by atoms with Crippen LogP contribution in [0, 0.1) is 0 Å². The Bertz CT molecular complexity index is 894. The molecule has 10 heteroatoms. The molecule has 0 heterocycles. The van der Waals surface area contributed by atoms with Crippen LogP contribution in [0.3, 0.4) is 0 Å². The Morgan fingerprint density at radius 2 is 1.60 bits per heavy atom.